The number of rotatable bonds is 10. The van der Waals surface area contributed by atoms with Crippen LogP contribution in [-0.2, 0) is 12.5 Å². The van der Waals surface area contributed by atoms with Gasteiger partial charge in [-0.25, -0.2) is 13.2 Å². The van der Waals surface area contributed by atoms with Crippen LogP contribution in [0.3, 0.4) is 0 Å². The summed E-state index contributed by atoms with van der Waals surface area (Å²) in [6, 6.07) is 17.8. The highest BCUT2D eigenvalue weighted by molar-refractivity contribution is 5.82. The number of allylic oxidation sites excluding steroid dienone is 2. The van der Waals surface area contributed by atoms with E-state index in [1.807, 2.05) is 30.3 Å². The van der Waals surface area contributed by atoms with Gasteiger partial charge in [0.25, 0.3) is 0 Å². The number of hydrogen-bond donors (Lipinski definition) is 1. The first-order chi connectivity index (χ1) is 19.1. The fourth-order valence-corrected chi connectivity index (χ4v) is 4.19. The Balaban J connectivity index is 1.53. The van der Waals surface area contributed by atoms with Crippen molar-refractivity contribution in [3.05, 3.63) is 131 Å². The highest BCUT2D eigenvalue weighted by Gasteiger charge is 2.38. The number of ether oxygens (including phenoxy) is 1. The van der Waals surface area contributed by atoms with Crippen molar-refractivity contribution >= 4 is 12.3 Å². The molecule has 0 aromatic heterocycles. The van der Waals surface area contributed by atoms with Gasteiger partial charge >= 0.3 is 6.11 Å². The quantitative estimate of drug-likeness (QED) is 0.120. The van der Waals surface area contributed by atoms with Crippen LogP contribution in [0.5, 0.6) is 5.75 Å². The van der Waals surface area contributed by atoms with E-state index in [0.29, 0.717) is 22.3 Å². The van der Waals surface area contributed by atoms with Gasteiger partial charge in [-0.15, -0.1) is 6.58 Å². The first-order valence-corrected chi connectivity index (χ1v) is 12.5. The molecular weight excluding hydrogens is 521 g/mol. The molecule has 0 radical (unpaired) electrons. The van der Waals surface area contributed by atoms with E-state index < -0.39 is 34.9 Å². The van der Waals surface area contributed by atoms with Crippen molar-refractivity contribution in [3.8, 4) is 28.0 Å². The molecule has 0 unspecified atom stereocenters. The first-order valence-electron chi connectivity index (χ1n) is 12.5. The van der Waals surface area contributed by atoms with E-state index in [9.17, 15) is 22.0 Å². The number of alkyl halides is 2. The summed E-state index contributed by atoms with van der Waals surface area (Å²) in [4.78, 5) is 0. The summed E-state index contributed by atoms with van der Waals surface area (Å²) >= 11 is 0. The molecule has 0 heterocycles. The van der Waals surface area contributed by atoms with E-state index in [4.69, 9.17) is 5.41 Å². The standard InChI is InChI=1S/C33H26F5NO/c1-3-4-5-22-6-9-24(10-7-22)27-13-11-25(18-30(27)34)28-14-12-26(19-31(28)35)40-33(37,38)29-15-8-23(17-32(29)36)16-21(2)20-39/h3,6-20,39H,1,4-5H2,2H3/b21-16-,39-20?. The Morgan fingerprint density at radius 3 is 2.10 bits per heavy atom. The number of halogens is 5. The Morgan fingerprint density at radius 1 is 0.825 bits per heavy atom. The van der Waals surface area contributed by atoms with Crippen molar-refractivity contribution in [2.75, 3.05) is 0 Å². The van der Waals surface area contributed by atoms with Crippen molar-refractivity contribution in [2.24, 2.45) is 0 Å². The number of aryl methyl sites for hydroxylation is 1. The van der Waals surface area contributed by atoms with Crippen molar-refractivity contribution < 1.29 is 26.7 Å². The topological polar surface area (TPSA) is 33.1 Å². The van der Waals surface area contributed by atoms with Crippen molar-refractivity contribution in [1.29, 1.82) is 5.41 Å². The summed E-state index contributed by atoms with van der Waals surface area (Å²) in [5.74, 6) is -3.21. The molecular formula is C33H26F5NO. The van der Waals surface area contributed by atoms with Crippen molar-refractivity contribution in [1.82, 2.24) is 0 Å². The zero-order chi connectivity index (χ0) is 28.9. The molecule has 0 spiro atoms. The van der Waals surface area contributed by atoms with E-state index in [2.05, 4.69) is 11.3 Å². The van der Waals surface area contributed by atoms with Gasteiger partial charge < -0.3 is 10.1 Å². The second-order valence-corrected chi connectivity index (χ2v) is 9.25. The largest absolute Gasteiger partial charge is 0.429 e. The third kappa shape index (κ3) is 6.54. The number of benzene rings is 4. The molecule has 0 amide bonds. The maximum absolute atomic E-state index is 15.0. The number of hydrogen-bond acceptors (Lipinski definition) is 2. The molecule has 7 heteroatoms. The Hall–Kier alpha value is -4.52. The predicted octanol–water partition coefficient (Wildman–Crippen LogP) is 9.74. The van der Waals surface area contributed by atoms with Crippen LogP contribution >= 0.6 is 0 Å². The third-order valence-corrected chi connectivity index (χ3v) is 6.30. The summed E-state index contributed by atoms with van der Waals surface area (Å²) in [5.41, 5.74) is 2.10. The highest BCUT2D eigenvalue weighted by atomic mass is 19.3. The summed E-state index contributed by atoms with van der Waals surface area (Å²) < 4.78 is 78.6. The van der Waals surface area contributed by atoms with Crippen LogP contribution in [0.25, 0.3) is 28.3 Å². The Labute approximate surface area is 229 Å². The molecule has 2 nitrogen and oxygen atoms in total. The lowest BCUT2D eigenvalue weighted by Crippen LogP contribution is -2.23. The predicted molar refractivity (Wildman–Crippen MR) is 149 cm³/mol. The number of nitrogens with one attached hydrogen (secondary N) is 1. The molecule has 204 valence electrons. The summed E-state index contributed by atoms with van der Waals surface area (Å²) in [6.45, 7) is 5.32. The van der Waals surface area contributed by atoms with Gasteiger partial charge in [0.1, 0.15) is 23.2 Å². The van der Waals surface area contributed by atoms with Crippen LogP contribution in [0.15, 0.2) is 97.1 Å². The molecule has 0 saturated heterocycles. The molecule has 40 heavy (non-hydrogen) atoms. The normalized spacial score (nSPS) is 11.8. The average Bonchev–Trinajstić information content (AvgIpc) is 2.92. The molecule has 4 aromatic carbocycles. The van der Waals surface area contributed by atoms with Crippen molar-refractivity contribution in [3.63, 3.8) is 0 Å². The van der Waals surface area contributed by atoms with E-state index in [0.717, 1.165) is 48.9 Å². The monoisotopic (exact) mass is 547 g/mol. The lowest BCUT2D eigenvalue weighted by molar-refractivity contribution is -0.187. The minimum Gasteiger partial charge on any atom is -0.429 e. The maximum Gasteiger partial charge on any atom is 0.429 e. The van der Waals surface area contributed by atoms with Gasteiger partial charge in [-0.3, -0.25) is 0 Å². The molecule has 0 atom stereocenters. The van der Waals surface area contributed by atoms with Gasteiger partial charge in [0, 0.05) is 23.4 Å². The van der Waals surface area contributed by atoms with Crippen LogP contribution in [0.4, 0.5) is 22.0 Å². The molecule has 0 fully saturated rings. The summed E-state index contributed by atoms with van der Waals surface area (Å²) in [7, 11) is 0. The lowest BCUT2D eigenvalue weighted by atomic mass is 9.98. The Morgan fingerprint density at radius 2 is 1.48 bits per heavy atom. The van der Waals surface area contributed by atoms with Gasteiger partial charge in [-0.2, -0.15) is 8.78 Å². The molecule has 0 aliphatic carbocycles. The molecule has 0 bridgehead atoms. The van der Waals surface area contributed by atoms with Crippen LogP contribution in [-0.4, -0.2) is 6.21 Å². The molecule has 0 aliphatic rings. The van der Waals surface area contributed by atoms with Crippen molar-refractivity contribution in [2.45, 2.75) is 25.9 Å². The minimum absolute atomic E-state index is 0.00946. The Bertz CT molecular complexity index is 1570. The van der Waals surface area contributed by atoms with Crippen LogP contribution < -0.4 is 4.74 Å². The summed E-state index contributed by atoms with van der Waals surface area (Å²) in [6.07, 6.45) is 1.92. The summed E-state index contributed by atoms with van der Waals surface area (Å²) in [5, 5.41) is 7.17. The van der Waals surface area contributed by atoms with Crippen LogP contribution in [0, 0.1) is 22.9 Å². The molecule has 1 N–H and O–H groups in total. The van der Waals surface area contributed by atoms with E-state index in [1.165, 1.54) is 30.3 Å². The van der Waals surface area contributed by atoms with Gasteiger partial charge in [0.15, 0.2) is 0 Å². The first kappa shape index (κ1) is 28.5. The fourth-order valence-electron chi connectivity index (χ4n) is 4.19. The molecule has 4 aromatic rings. The van der Waals surface area contributed by atoms with Gasteiger partial charge in [-0.05, 0) is 77.9 Å². The molecule has 0 saturated carbocycles. The average molecular weight is 548 g/mol. The van der Waals surface area contributed by atoms with E-state index >= 15 is 0 Å². The maximum atomic E-state index is 15.0. The van der Waals surface area contributed by atoms with Crippen LogP contribution in [0.2, 0.25) is 0 Å². The van der Waals surface area contributed by atoms with Gasteiger partial charge in [0.2, 0.25) is 0 Å². The van der Waals surface area contributed by atoms with Crippen LogP contribution in [0.1, 0.15) is 30.0 Å². The zero-order valence-electron chi connectivity index (χ0n) is 21.7. The van der Waals surface area contributed by atoms with E-state index in [-0.39, 0.29) is 11.1 Å². The second kappa shape index (κ2) is 12.1. The molecule has 4 rings (SSSR count). The molecule has 0 aliphatic heterocycles. The second-order valence-electron chi connectivity index (χ2n) is 9.25. The SMILES string of the molecule is C=CCCc1ccc(-c2ccc(-c3ccc(OC(F)(F)c4ccc(/C=C(/C)C=N)cc4F)cc3F)cc2F)cc1. The van der Waals surface area contributed by atoms with Gasteiger partial charge in [0.05, 0.1) is 5.56 Å². The zero-order valence-corrected chi connectivity index (χ0v) is 21.7. The fraction of sp³-hybridized carbons (Fsp3) is 0.121. The highest BCUT2D eigenvalue weighted by Crippen LogP contribution is 2.36. The third-order valence-electron chi connectivity index (χ3n) is 6.30. The Kier molecular flexibility index (Phi) is 8.63. The lowest BCUT2D eigenvalue weighted by Gasteiger charge is -2.19. The van der Waals surface area contributed by atoms with Gasteiger partial charge in [-0.1, -0.05) is 54.6 Å². The van der Waals surface area contributed by atoms with E-state index in [1.54, 1.807) is 13.0 Å². The smallest absolute Gasteiger partial charge is 0.429 e. The minimum atomic E-state index is -4.09.